The molecular weight excluding hydrogens is 392 g/mol. The molecule has 0 radical (unpaired) electrons. The van der Waals surface area contributed by atoms with Crippen molar-refractivity contribution in [3.05, 3.63) is 48.0 Å². The van der Waals surface area contributed by atoms with Crippen LogP contribution in [0.4, 0.5) is 5.69 Å². The summed E-state index contributed by atoms with van der Waals surface area (Å²) in [6, 6.07) is 13.7. The second-order valence-electron chi connectivity index (χ2n) is 8.21. The Morgan fingerprint density at radius 2 is 1.90 bits per heavy atom. The maximum Gasteiger partial charge on any atom is 0.221 e. The number of hydrogen-bond donors (Lipinski definition) is 2. The highest BCUT2D eigenvalue weighted by Gasteiger charge is 2.16. The average Bonchev–Trinajstić information content (AvgIpc) is 3.22. The van der Waals surface area contributed by atoms with E-state index in [1.807, 2.05) is 38.1 Å². The molecule has 0 heterocycles. The fourth-order valence-electron chi connectivity index (χ4n) is 3.65. The normalized spacial score (nSPS) is 13.9. The first-order chi connectivity index (χ1) is 15.0. The zero-order valence-corrected chi connectivity index (χ0v) is 18.8. The molecule has 2 aromatic carbocycles. The predicted molar refractivity (Wildman–Crippen MR) is 123 cm³/mol. The van der Waals surface area contributed by atoms with Gasteiger partial charge in [-0.1, -0.05) is 12.1 Å². The number of hydrogen-bond acceptors (Lipinski definition) is 5. The van der Waals surface area contributed by atoms with E-state index < -0.39 is 0 Å². The smallest absolute Gasteiger partial charge is 0.221 e. The first kappa shape index (κ1) is 22.9. The third-order valence-corrected chi connectivity index (χ3v) is 5.00. The van der Waals surface area contributed by atoms with Gasteiger partial charge in [0.15, 0.2) is 11.5 Å². The van der Waals surface area contributed by atoms with Crippen LogP contribution in [-0.4, -0.2) is 31.3 Å². The van der Waals surface area contributed by atoms with Crippen LogP contribution in [0.25, 0.3) is 0 Å². The lowest BCUT2D eigenvalue weighted by molar-refractivity contribution is -0.114. The molecule has 0 unspecified atom stereocenters. The van der Waals surface area contributed by atoms with Crippen LogP contribution in [0, 0.1) is 0 Å². The molecule has 0 aliphatic heterocycles. The molecule has 0 atom stereocenters. The van der Waals surface area contributed by atoms with Gasteiger partial charge >= 0.3 is 0 Å². The van der Waals surface area contributed by atoms with Crippen LogP contribution in [-0.2, 0) is 11.3 Å². The molecule has 6 heteroatoms. The van der Waals surface area contributed by atoms with E-state index in [9.17, 15) is 4.79 Å². The number of benzene rings is 2. The molecule has 3 rings (SSSR count). The Balaban J connectivity index is 1.48. The van der Waals surface area contributed by atoms with Gasteiger partial charge in [0.25, 0.3) is 0 Å². The van der Waals surface area contributed by atoms with Crippen molar-refractivity contribution in [3.8, 4) is 17.2 Å². The Bertz CT molecular complexity index is 847. The molecule has 168 valence electrons. The average molecular weight is 427 g/mol. The number of carbonyl (C=O) groups is 1. The van der Waals surface area contributed by atoms with Crippen molar-refractivity contribution in [3.63, 3.8) is 0 Å². The third-order valence-electron chi connectivity index (χ3n) is 5.00. The topological polar surface area (TPSA) is 68.8 Å². The summed E-state index contributed by atoms with van der Waals surface area (Å²) in [6.45, 7) is 7.33. The molecule has 1 fully saturated rings. The lowest BCUT2D eigenvalue weighted by Crippen LogP contribution is -2.21. The first-order valence-corrected chi connectivity index (χ1v) is 11.2. The van der Waals surface area contributed by atoms with Gasteiger partial charge in [-0.2, -0.15) is 0 Å². The number of anilines is 1. The van der Waals surface area contributed by atoms with Crippen LogP contribution in [0.1, 0.15) is 52.0 Å². The van der Waals surface area contributed by atoms with E-state index in [0.29, 0.717) is 36.4 Å². The number of ether oxygens (including phenoxy) is 3. The van der Waals surface area contributed by atoms with Crippen LogP contribution < -0.4 is 24.8 Å². The van der Waals surface area contributed by atoms with E-state index in [2.05, 4.69) is 22.8 Å². The minimum Gasteiger partial charge on any atom is -0.490 e. The van der Waals surface area contributed by atoms with E-state index in [1.165, 1.54) is 25.3 Å². The molecule has 1 saturated carbocycles. The van der Waals surface area contributed by atoms with Crippen molar-refractivity contribution in [2.75, 3.05) is 18.5 Å². The molecule has 0 aromatic heterocycles. The summed E-state index contributed by atoms with van der Waals surface area (Å²) >= 11 is 0. The molecule has 1 aliphatic carbocycles. The fourth-order valence-corrected chi connectivity index (χ4v) is 3.65. The summed E-state index contributed by atoms with van der Waals surface area (Å²) < 4.78 is 17.9. The number of amides is 1. The van der Waals surface area contributed by atoms with Crippen molar-refractivity contribution in [1.29, 1.82) is 0 Å². The molecule has 0 spiro atoms. The molecule has 2 N–H and O–H groups in total. The largest absolute Gasteiger partial charge is 0.490 e. The molecule has 1 aliphatic rings. The molecular formula is C25H34N2O4. The summed E-state index contributed by atoms with van der Waals surface area (Å²) in [5.41, 5.74) is 1.87. The Kier molecular flexibility index (Phi) is 8.59. The van der Waals surface area contributed by atoms with E-state index in [0.717, 1.165) is 25.1 Å². The van der Waals surface area contributed by atoms with Crippen LogP contribution >= 0.6 is 0 Å². The lowest BCUT2D eigenvalue weighted by atomic mass is 10.2. The standard InChI is InChI=1S/C25H34N2O4/c1-18(2)30-24-12-11-21(27-19(3)28)16-25(24)29-14-13-26-17-20-7-6-10-23(15-20)31-22-8-4-5-9-22/h6-7,10-12,15-16,18,22,26H,4-5,8-9,13-14,17H2,1-3H3,(H,27,28). The van der Waals surface area contributed by atoms with Gasteiger partial charge in [-0.25, -0.2) is 0 Å². The van der Waals surface area contributed by atoms with E-state index in [4.69, 9.17) is 14.2 Å². The molecule has 2 aromatic rings. The van der Waals surface area contributed by atoms with Crippen molar-refractivity contribution >= 4 is 11.6 Å². The van der Waals surface area contributed by atoms with Gasteiger partial charge in [-0.05, 0) is 69.4 Å². The minimum absolute atomic E-state index is 0.0332. The summed E-state index contributed by atoms with van der Waals surface area (Å²) in [6.07, 6.45) is 5.25. The zero-order valence-electron chi connectivity index (χ0n) is 18.8. The second kappa shape index (κ2) is 11.6. The van der Waals surface area contributed by atoms with Crippen molar-refractivity contribution in [2.45, 2.75) is 65.2 Å². The third kappa shape index (κ3) is 7.79. The molecule has 0 bridgehead atoms. The Morgan fingerprint density at radius 1 is 1.10 bits per heavy atom. The fraction of sp³-hybridized carbons (Fsp3) is 0.480. The first-order valence-electron chi connectivity index (χ1n) is 11.2. The highest BCUT2D eigenvalue weighted by Crippen LogP contribution is 2.31. The van der Waals surface area contributed by atoms with Crippen molar-refractivity contribution in [1.82, 2.24) is 5.32 Å². The van der Waals surface area contributed by atoms with Gasteiger partial charge in [-0.15, -0.1) is 0 Å². The van der Waals surface area contributed by atoms with Gasteiger partial charge in [0, 0.05) is 31.8 Å². The quantitative estimate of drug-likeness (QED) is 0.499. The van der Waals surface area contributed by atoms with Crippen LogP contribution in [0.3, 0.4) is 0 Å². The number of carbonyl (C=O) groups excluding carboxylic acids is 1. The highest BCUT2D eigenvalue weighted by atomic mass is 16.5. The van der Waals surface area contributed by atoms with Crippen molar-refractivity contribution in [2.24, 2.45) is 0 Å². The SMILES string of the molecule is CC(=O)Nc1ccc(OC(C)C)c(OCCNCc2cccc(OC3CCCC3)c2)c1. The van der Waals surface area contributed by atoms with E-state index in [1.54, 1.807) is 6.07 Å². The lowest BCUT2D eigenvalue weighted by Gasteiger charge is -2.17. The highest BCUT2D eigenvalue weighted by molar-refractivity contribution is 5.89. The van der Waals surface area contributed by atoms with Gasteiger partial charge in [0.1, 0.15) is 12.4 Å². The predicted octanol–water partition coefficient (Wildman–Crippen LogP) is 4.92. The van der Waals surface area contributed by atoms with Crippen LogP contribution in [0.5, 0.6) is 17.2 Å². The maximum absolute atomic E-state index is 11.3. The van der Waals surface area contributed by atoms with Gasteiger partial charge in [0.05, 0.1) is 12.2 Å². The molecule has 1 amide bonds. The number of rotatable bonds is 11. The van der Waals surface area contributed by atoms with Crippen LogP contribution in [0.15, 0.2) is 42.5 Å². The molecule has 0 saturated heterocycles. The second-order valence-corrected chi connectivity index (χ2v) is 8.21. The summed E-state index contributed by atoms with van der Waals surface area (Å²) in [5.74, 6) is 2.12. The number of nitrogens with one attached hydrogen (secondary N) is 2. The monoisotopic (exact) mass is 426 g/mol. The summed E-state index contributed by atoms with van der Waals surface area (Å²) in [7, 11) is 0. The van der Waals surface area contributed by atoms with E-state index in [-0.39, 0.29) is 12.0 Å². The Hall–Kier alpha value is -2.73. The zero-order chi connectivity index (χ0) is 22.1. The van der Waals surface area contributed by atoms with Crippen molar-refractivity contribution < 1.29 is 19.0 Å². The molecule has 31 heavy (non-hydrogen) atoms. The maximum atomic E-state index is 11.3. The van der Waals surface area contributed by atoms with Gasteiger partial charge < -0.3 is 24.8 Å². The van der Waals surface area contributed by atoms with Gasteiger partial charge in [-0.3, -0.25) is 4.79 Å². The summed E-state index contributed by atoms with van der Waals surface area (Å²) in [5, 5.41) is 6.19. The Morgan fingerprint density at radius 3 is 2.65 bits per heavy atom. The minimum atomic E-state index is -0.121. The van der Waals surface area contributed by atoms with Crippen LogP contribution in [0.2, 0.25) is 0 Å². The molecule has 6 nitrogen and oxygen atoms in total. The van der Waals surface area contributed by atoms with E-state index >= 15 is 0 Å². The van der Waals surface area contributed by atoms with Gasteiger partial charge in [0.2, 0.25) is 5.91 Å². The Labute approximate surface area is 185 Å². The summed E-state index contributed by atoms with van der Waals surface area (Å²) in [4.78, 5) is 11.3.